The predicted molar refractivity (Wildman–Crippen MR) is 98.4 cm³/mol. The Morgan fingerprint density at radius 3 is 2.56 bits per heavy atom. The lowest BCUT2D eigenvalue weighted by molar-refractivity contribution is 0.207. The molecular weight excluding hydrogens is 316 g/mol. The molecule has 0 spiro atoms. The number of rotatable bonds is 4. The van der Waals surface area contributed by atoms with E-state index in [0.717, 1.165) is 36.3 Å². The molecule has 132 valence electrons. The Balaban J connectivity index is 1.77. The summed E-state index contributed by atoms with van der Waals surface area (Å²) in [4.78, 5) is 14.7. The topological polar surface area (TPSA) is 50.8 Å². The van der Waals surface area contributed by atoms with Crippen LogP contribution in [-0.2, 0) is 0 Å². The summed E-state index contributed by atoms with van der Waals surface area (Å²) >= 11 is 0. The fraction of sp³-hybridized carbons (Fsp3) is 0.350. The molecule has 0 radical (unpaired) electrons. The number of likely N-dealkylation sites (tertiary alicyclic amines) is 1. The summed E-state index contributed by atoms with van der Waals surface area (Å²) in [6.07, 6.45) is 1.96. The van der Waals surface area contributed by atoms with E-state index in [1.807, 2.05) is 54.3 Å². The third-order valence-corrected chi connectivity index (χ3v) is 4.61. The van der Waals surface area contributed by atoms with E-state index >= 15 is 0 Å². The lowest BCUT2D eigenvalue weighted by Gasteiger charge is -2.26. The van der Waals surface area contributed by atoms with Crippen molar-refractivity contribution in [2.24, 2.45) is 0 Å². The minimum Gasteiger partial charge on any atom is -0.497 e. The van der Waals surface area contributed by atoms with E-state index in [4.69, 9.17) is 9.47 Å². The molecule has 2 amide bonds. The molecule has 2 aromatic carbocycles. The Morgan fingerprint density at radius 2 is 1.88 bits per heavy atom. The first-order valence-electron chi connectivity index (χ1n) is 8.48. The van der Waals surface area contributed by atoms with Crippen molar-refractivity contribution in [1.29, 1.82) is 0 Å². The highest BCUT2D eigenvalue weighted by molar-refractivity contribution is 5.91. The highest BCUT2D eigenvalue weighted by Crippen LogP contribution is 2.34. The molecule has 0 aliphatic carbocycles. The quantitative estimate of drug-likeness (QED) is 0.898. The monoisotopic (exact) mass is 340 g/mol. The number of amides is 2. The maximum Gasteiger partial charge on any atom is 0.322 e. The lowest BCUT2D eigenvalue weighted by Crippen LogP contribution is -2.34. The average molecular weight is 340 g/mol. The number of nitrogens with zero attached hydrogens (tertiary/aromatic N) is 1. The first-order chi connectivity index (χ1) is 12.1. The van der Waals surface area contributed by atoms with Gasteiger partial charge < -0.3 is 19.7 Å². The van der Waals surface area contributed by atoms with Gasteiger partial charge in [-0.2, -0.15) is 0 Å². The molecule has 1 aliphatic heterocycles. The van der Waals surface area contributed by atoms with Gasteiger partial charge in [0.25, 0.3) is 0 Å². The van der Waals surface area contributed by atoms with Gasteiger partial charge in [-0.15, -0.1) is 0 Å². The first-order valence-corrected chi connectivity index (χ1v) is 8.48. The minimum absolute atomic E-state index is 0.0849. The Bertz CT molecular complexity index is 743. The summed E-state index contributed by atoms with van der Waals surface area (Å²) in [7, 11) is 3.26. The fourth-order valence-corrected chi connectivity index (χ4v) is 3.29. The smallest absolute Gasteiger partial charge is 0.322 e. The van der Waals surface area contributed by atoms with Crippen molar-refractivity contribution in [2.75, 3.05) is 26.1 Å². The number of anilines is 1. The van der Waals surface area contributed by atoms with Crippen molar-refractivity contribution < 1.29 is 14.3 Å². The van der Waals surface area contributed by atoms with Gasteiger partial charge >= 0.3 is 6.03 Å². The number of carbonyl (C=O) groups excluding carboxylic acids is 1. The molecule has 0 bridgehead atoms. The highest BCUT2D eigenvalue weighted by Gasteiger charge is 2.30. The molecule has 1 saturated heterocycles. The van der Waals surface area contributed by atoms with Gasteiger partial charge in [-0.05, 0) is 55.2 Å². The van der Waals surface area contributed by atoms with Crippen LogP contribution in [0.3, 0.4) is 0 Å². The van der Waals surface area contributed by atoms with Gasteiger partial charge in [0.1, 0.15) is 11.5 Å². The second-order valence-corrected chi connectivity index (χ2v) is 6.26. The maximum absolute atomic E-state index is 12.8. The van der Waals surface area contributed by atoms with Gasteiger partial charge in [-0.1, -0.05) is 18.2 Å². The van der Waals surface area contributed by atoms with E-state index in [2.05, 4.69) is 5.32 Å². The predicted octanol–water partition coefficient (Wildman–Crippen LogP) is 4.38. The van der Waals surface area contributed by atoms with Gasteiger partial charge in [0.05, 0.1) is 25.9 Å². The molecule has 5 nitrogen and oxygen atoms in total. The third-order valence-electron chi connectivity index (χ3n) is 4.61. The van der Waals surface area contributed by atoms with E-state index in [-0.39, 0.29) is 12.1 Å². The maximum atomic E-state index is 12.8. The molecule has 1 aliphatic rings. The van der Waals surface area contributed by atoms with Gasteiger partial charge in [0.15, 0.2) is 0 Å². The Kier molecular flexibility index (Phi) is 5.12. The van der Waals surface area contributed by atoms with Crippen LogP contribution < -0.4 is 14.8 Å². The van der Waals surface area contributed by atoms with Crippen LogP contribution in [0, 0.1) is 6.92 Å². The van der Waals surface area contributed by atoms with Crippen molar-refractivity contribution in [2.45, 2.75) is 25.8 Å². The van der Waals surface area contributed by atoms with Crippen LogP contribution in [0.25, 0.3) is 0 Å². The zero-order valence-corrected chi connectivity index (χ0v) is 14.9. The van der Waals surface area contributed by atoms with Crippen LogP contribution in [0.4, 0.5) is 10.5 Å². The number of hydrogen-bond acceptors (Lipinski definition) is 3. The zero-order valence-electron chi connectivity index (χ0n) is 14.9. The average Bonchev–Trinajstić information content (AvgIpc) is 3.12. The molecule has 5 heteroatoms. The molecule has 1 atom stereocenters. The molecule has 25 heavy (non-hydrogen) atoms. The number of ether oxygens (including phenoxy) is 2. The summed E-state index contributed by atoms with van der Waals surface area (Å²) in [5.41, 5.74) is 2.90. The van der Waals surface area contributed by atoms with Gasteiger partial charge in [0.2, 0.25) is 0 Å². The molecule has 1 fully saturated rings. The van der Waals surface area contributed by atoms with Gasteiger partial charge in [-0.3, -0.25) is 0 Å². The normalized spacial score (nSPS) is 16.6. The molecular formula is C20H24N2O3. The number of methoxy groups -OCH3 is 2. The number of urea groups is 1. The van der Waals surface area contributed by atoms with E-state index in [1.165, 1.54) is 0 Å². The largest absolute Gasteiger partial charge is 0.497 e. The number of carbonyl (C=O) groups is 1. The number of nitrogens with one attached hydrogen (secondary N) is 1. The molecule has 3 rings (SSSR count). The van der Waals surface area contributed by atoms with Crippen molar-refractivity contribution in [3.05, 3.63) is 53.6 Å². The molecule has 1 unspecified atom stereocenters. The van der Waals surface area contributed by atoms with Crippen LogP contribution >= 0.6 is 0 Å². The first kappa shape index (κ1) is 17.1. The molecule has 2 aromatic rings. The number of aryl methyl sites for hydroxylation is 1. The summed E-state index contributed by atoms with van der Waals surface area (Å²) in [6, 6.07) is 13.7. The van der Waals surface area contributed by atoms with Crippen LogP contribution in [-0.4, -0.2) is 31.7 Å². The van der Waals surface area contributed by atoms with Gasteiger partial charge in [-0.25, -0.2) is 4.79 Å². The molecule has 0 aromatic heterocycles. The second-order valence-electron chi connectivity index (χ2n) is 6.26. The van der Waals surface area contributed by atoms with Crippen LogP contribution in [0.1, 0.15) is 30.0 Å². The van der Waals surface area contributed by atoms with Gasteiger partial charge in [0, 0.05) is 6.54 Å². The Hall–Kier alpha value is -2.69. The fourth-order valence-electron chi connectivity index (χ4n) is 3.29. The van der Waals surface area contributed by atoms with E-state index < -0.39 is 0 Å². The SMILES string of the molecule is COc1ccc(C2CCCN2C(=O)Nc2cc(C)ccc2OC)cc1. The highest BCUT2D eigenvalue weighted by atomic mass is 16.5. The third kappa shape index (κ3) is 3.71. The number of benzene rings is 2. The van der Waals surface area contributed by atoms with Crippen LogP contribution in [0.5, 0.6) is 11.5 Å². The van der Waals surface area contributed by atoms with Crippen molar-refractivity contribution in [3.63, 3.8) is 0 Å². The lowest BCUT2D eigenvalue weighted by atomic mass is 10.0. The number of hydrogen-bond donors (Lipinski definition) is 1. The molecule has 1 heterocycles. The van der Waals surface area contributed by atoms with Crippen molar-refractivity contribution in [1.82, 2.24) is 4.90 Å². The Labute approximate surface area is 148 Å². The van der Waals surface area contributed by atoms with E-state index in [1.54, 1.807) is 14.2 Å². The van der Waals surface area contributed by atoms with Crippen LogP contribution in [0.15, 0.2) is 42.5 Å². The summed E-state index contributed by atoms with van der Waals surface area (Å²) in [6.45, 7) is 2.74. The summed E-state index contributed by atoms with van der Waals surface area (Å²) < 4.78 is 10.6. The van der Waals surface area contributed by atoms with Crippen LogP contribution in [0.2, 0.25) is 0 Å². The van der Waals surface area contributed by atoms with E-state index in [0.29, 0.717) is 11.4 Å². The minimum atomic E-state index is -0.0952. The summed E-state index contributed by atoms with van der Waals surface area (Å²) in [5, 5.41) is 3.00. The Morgan fingerprint density at radius 1 is 1.12 bits per heavy atom. The summed E-state index contributed by atoms with van der Waals surface area (Å²) in [5.74, 6) is 1.49. The standard InChI is InChI=1S/C20H24N2O3/c1-14-6-11-19(25-3)17(13-14)21-20(23)22-12-4-5-18(22)15-7-9-16(24-2)10-8-15/h6-11,13,18H,4-5,12H2,1-3H3,(H,21,23). The zero-order chi connectivity index (χ0) is 17.8. The van der Waals surface area contributed by atoms with Crippen molar-refractivity contribution in [3.8, 4) is 11.5 Å². The molecule has 0 saturated carbocycles. The van der Waals surface area contributed by atoms with Crippen molar-refractivity contribution >= 4 is 11.7 Å². The molecule has 1 N–H and O–H groups in total. The van der Waals surface area contributed by atoms with E-state index in [9.17, 15) is 4.79 Å². The second kappa shape index (κ2) is 7.47.